The van der Waals surface area contributed by atoms with Crippen LogP contribution < -0.4 is 5.32 Å². The molecule has 0 aliphatic rings. The molecule has 0 radical (unpaired) electrons. The number of rotatable bonds is 10. The van der Waals surface area contributed by atoms with Gasteiger partial charge >= 0.3 is 0 Å². The lowest BCUT2D eigenvalue weighted by molar-refractivity contribution is -0.132. The van der Waals surface area contributed by atoms with Gasteiger partial charge in [-0.05, 0) is 29.7 Å². The van der Waals surface area contributed by atoms with Crippen LogP contribution in [0.1, 0.15) is 11.1 Å². The van der Waals surface area contributed by atoms with Crippen LogP contribution in [0.25, 0.3) is 11.3 Å². The molecule has 0 aliphatic carbocycles. The molecule has 2 aromatic carbocycles. The number of hydrogen-bond acceptors (Lipinski definition) is 4. The van der Waals surface area contributed by atoms with Gasteiger partial charge in [0.1, 0.15) is 0 Å². The number of carbonyl (C=O) groups is 1. The van der Waals surface area contributed by atoms with Gasteiger partial charge in [0.2, 0.25) is 5.91 Å². The Labute approximate surface area is 178 Å². The Morgan fingerprint density at radius 2 is 1.73 bits per heavy atom. The SMILES string of the molecule is COCCN(C)C(=O)C(Cc1ccccc1)NCc1ccc(-c2ccccn2)cc1. The number of aromatic nitrogens is 1. The fourth-order valence-electron chi connectivity index (χ4n) is 3.27. The van der Waals surface area contributed by atoms with Crippen molar-refractivity contribution in [2.24, 2.45) is 0 Å². The number of nitrogens with zero attached hydrogens (tertiary/aromatic N) is 2. The first-order chi connectivity index (χ1) is 14.7. The number of benzene rings is 2. The molecule has 30 heavy (non-hydrogen) atoms. The summed E-state index contributed by atoms with van der Waals surface area (Å²) in [4.78, 5) is 19.1. The number of likely N-dealkylation sites (N-methyl/N-ethyl adjacent to an activating group) is 1. The van der Waals surface area contributed by atoms with Crippen LogP contribution in [-0.4, -0.2) is 49.1 Å². The summed E-state index contributed by atoms with van der Waals surface area (Å²) < 4.78 is 5.12. The van der Waals surface area contributed by atoms with E-state index in [0.717, 1.165) is 22.4 Å². The standard InChI is InChI=1S/C25H29N3O2/c1-28(16-17-30-2)25(29)24(18-20-8-4-3-5-9-20)27-19-21-11-13-22(14-12-21)23-10-6-7-15-26-23/h3-15,24,27H,16-19H2,1-2H3. The number of carbonyl (C=O) groups excluding carboxylic acids is 1. The predicted molar refractivity (Wildman–Crippen MR) is 120 cm³/mol. The summed E-state index contributed by atoms with van der Waals surface area (Å²) in [5.41, 5.74) is 4.29. The first-order valence-electron chi connectivity index (χ1n) is 10.2. The van der Waals surface area contributed by atoms with Gasteiger partial charge in [-0.25, -0.2) is 0 Å². The highest BCUT2D eigenvalue weighted by Crippen LogP contribution is 2.17. The third-order valence-electron chi connectivity index (χ3n) is 5.05. The van der Waals surface area contributed by atoms with Gasteiger partial charge in [0, 0.05) is 39.0 Å². The Bertz CT molecular complexity index is 899. The van der Waals surface area contributed by atoms with Crippen LogP contribution in [0.5, 0.6) is 0 Å². The third kappa shape index (κ3) is 6.24. The smallest absolute Gasteiger partial charge is 0.239 e. The van der Waals surface area contributed by atoms with Gasteiger partial charge in [0.05, 0.1) is 18.3 Å². The molecule has 1 heterocycles. The van der Waals surface area contributed by atoms with Crippen LogP contribution in [0.4, 0.5) is 0 Å². The second-order valence-electron chi connectivity index (χ2n) is 7.29. The average molecular weight is 404 g/mol. The maximum Gasteiger partial charge on any atom is 0.239 e. The van der Waals surface area contributed by atoms with Crippen molar-refractivity contribution in [1.82, 2.24) is 15.2 Å². The van der Waals surface area contributed by atoms with Gasteiger partial charge in [-0.1, -0.05) is 60.7 Å². The van der Waals surface area contributed by atoms with Crippen LogP contribution in [0.3, 0.4) is 0 Å². The molecule has 0 fully saturated rings. The molecule has 1 unspecified atom stereocenters. The van der Waals surface area contributed by atoms with E-state index in [4.69, 9.17) is 4.74 Å². The molecule has 0 saturated carbocycles. The first kappa shape index (κ1) is 21.7. The van der Waals surface area contributed by atoms with Gasteiger partial charge in [-0.15, -0.1) is 0 Å². The zero-order valence-electron chi connectivity index (χ0n) is 17.6. The molecular weight excluding hydrogens is 374 g/mol. The summed E-state index contributed by atoms with van der Waals surface area (Å²) in [6.45, 7) is 1.71. The van der Waals surface area contributed by atoms with Crippen molar-refractivity contribution in [2.45, 2.75) is 19.0 Å². The Kier molecular flexibility index (Phi) is 8.12. The minimum atomic E-state index is -0.301. The summed E-state index contributed by atoms with van der Waals surface area (Å²) in [5.74, 6) is 0.0704. The van der Waals surface area contributed by atoms with Crippen LogP contribution in [0.15, 0.2) is 79.0 Å². The summed E-state index contributed by atoms with van der Waals surface area (Å²) >= 11 is 0. The molecular formula is C25H29N3O2. The van der Waals surface area contributed by atoms with E-state index in [1.165, 1.54) is 0 Å². The van der Waals surface area contributed by atoms with E-state index < -0.39 is 0 Å². The molecule has 0 bridgehead atoms. The largest absolute Gasteiger partial charge is 0.383 e. The van der Waals surface area contributed by atoms with Gasteiger partial charge in [-0.2, -0.15) is 0 Å². The molecule has 0 spiro atoms. The quantitative estimate of drug-likeness (QED) is 0.562. The zero-order chi connectivity index (χ0) is 21.2. The maximum absolute atomic E-state index is 13.0. The van der Waals surface area contributed by atoms with E-state index in [-0.39, 0.29) is 11.9 Å². The van der Waals surface area contributed by atoms with Crippen molar-refractivity contribution in [3.8, 4) is 11.3 Å². The zero-order valence-corrected chi connectivity index (χ0v) is 17.6. The minimum absolute atomic E-state index is 0.0704. The summed E-state index contributed by atoms with van der Waals surface area (Å²) in [6, 6.07) is 24.0. The molecule has 1 atom stereocenters. The number of amides is 1. The second-order valence-corrected chi connectivity index (χ2v) is 7.29. The van der Waals surface area contributed by atoms with Crippen LogP contribution in [0, 0.1) is 0 Å². The monoisotopic (exact) mass is 403 g/mol. The molecule has 1 aromatic heterocycles. The lowest BCUT2D eigenvalue weighted by atomic mass is 10.0. The van der Waals surface area contributed by atoms with Gasteiger partial charge < -0.3 is 15.0 Å². The maximum atomic E-state index is 13.0. The van der Waals surface area contributed by atoms with Gasteiger partial charge in [-0.3, -0.25) is 9.78 Å². The second kappa shape index (κ2) is 11.2. The van der Waals surface area contributed by atoms with Crippen molar-refractivity contribution in [3.63, 3.8) is 0 Å². The third-order valence-corrected chi connectivity index (χ3v) is 5.05. The lowest BCUT2D eigenvalue weighted by Gasteiger charge is -2.25. The topological polar surface area (TPSA) is 54.5 Å². The number of ether oxygens (including phenoxy) is 1. The lowest BCUT2D eigenvalue weighted by Crippen LogP contribution is -2.46. The highest BCUT2D eigenvalue weighted by atomic mass is 16.5. The first-order valence-corrected chi connectivity index (χ1v) is 10.2. The molecule has 0 saturated heterocycles. The number of hydrogen-bond donors (Lipinski definition) is 1. The molecule has 5 nitrogen and oxygen atoms in total. The molecule has 3 aromatic rings. The average Bonchev–Trinajstić information content (AvgIpc) is 2.81. The summed E-state index contributed by atoms with van der Waals surface area (Å²) in [7, 11) is 3.47. The molecule has 1 amide bonds. The van der Waals surface area contributed by atoms with E-state index in [0.29, 0.717) is 26.1 Å². The number of methoxy groups -OCH3 is 1. The molecule has 3 rings (SSSR count). The van der Waals surface area contributed by atoms with E-state index in [1.54, 1.807) is 18.2 Å². The Balaban J connectivity index is 1.67. The number of nitrogens with one attached hydrogen (secondary N) is 1. The van der Waals surface area contributed by atoms with Crippen molar-refractivity contribution >= 4 is 5.91 Å². The Morgan fingerprint density at radius 3 is 2.40 bits per heavy atom. The highest BCUT2D eigenvalue weighted by molar-refractivity contribution is 5.82. The van der Waals surface area contributed by atoms with E-state index in [9.17, 15) is 4.79 Å². The highest BCUT2D eigenvalue weighted by Gasteiger charge is 2.22. The fourth-order valence-corrected chi connectivity index (χ4v) is 3.27. The van der Waals surface area contributed by atoms with Crippen molar-refractivity contribution in [1.29, 1.82) is 0 Å². The Hall–Kier alpha value is -3.02. The van der Waals surface area contributed by atoms with Crippen LogP contribution >= 0.6 is 0 Å². The summed E-state index contributed by atoms with van der Waals surface area (Å²) in [6.07, 6.45) is 2.44. The Morgan fingerprint density at radius 1 is 1.00 bits per heavy atom. The normalized spacial score (nSPS) is 11.8. The molecule has 0 aliphatic heterocycles. The van der Waals surface area contributed by atoms with Crippen molar-refractivity contribution in [3.05, 3.63) is 90.1 Å². The van der Waals surface area contributed by atoms with Crippen LogP contribution in [0.2, 0.25) is 0 Å². The predicted octanol–water partition coefficient (Wildman–Crippen LogP) is 3.55. The number of pyridine rings is 1. The van der Waals surface area contributed by atoms with E-state index in [1.807, 2.05) is 43.4 Å². The van der Waals surface area contributed by atoms with Crippen molar-refractivity contribution < 1.29 is 9.53 Å². The van der Waals surface area contributed by atoms with Gasteiger partial charge in [0.15, 0.2) is 0 Å². The molecule has 5 heteroatoms. The molecule has 156 valence electrons. The fraction of sp³-hybridized carbons (Fsp3) is 0.280. The summed E-state index contributed by atoms with van der Waals surface area (Å²) in [5, 5.41) is 3.45. The van der Waals surface area contributed by atoms with Gasteiger partial charge in [0.25, 0.3) is 0 Å². The molecule has 1 N–H and O–H groups in total. The van der Waals surface area contributed by atoms with Crippen molar-refractivity contribution in [2.75, 3.05) is 27.3 Å². The van der Waals surface area contributed by atoms with E-state index in [2.05, 4.69) is 46.7 Å². The van der Waals surface area contributed by atoms with Crippen LogP contribution in [-0.2, 0) is 22.5 Å². The minimum Gasteiger partial charge on any atom is -0.383 e. The van der Waals surface area contributed by atoms with E-state index >= 15 is 0 Å².